The lowest BCUT2D eigenvalue weighted by atomic mass is 10.2. The number of hydrogen-bond donors (Lipinski definition) is 0. The number of hydrogen-bond acceptors (Lipinski definition) is 1. The van der Waals surface area contributed by atoms with Crippen LogP contribution in [0.1, 0.15) is 0 Å². The van der Waals surface area contributed by atoms with E-state index in [9.17, 15) is 0 Å². The van der Waals surface area contributed by atoms with Gasteiger partial charge in [-0.3, -0.25) is 0 Å². The molecule has 0 unspecified atom stereocenters. The van der Waals surface area contributed by atoms with Crippen LogP contribution < -0.4 is 0 Å². The van der Waals surface area contributed by atoms with Crippen molar-refractivity contribution < 1.29 is 0 Å². The first-order valence-electron chi connectivity index (χ1n) is 3.88. The monoisotopic (exact) mass is 173 g/mol. The molecule has 1 aliphatic heterocycles. The first-order valence-corrected chi connectivity index (χ1v) is 4.76. The fourth-order valence-corrected chi connectivity index (χ4v) is 2.40. The van der Waals surface area contributed by atoms with Crippen molar-refractivity contribution in [2.24, 2.45) is 0 Å². The second-order valence-electron chi connectivity index (χ2n) is 2.82. The van der Waals surface area contributed by atoms with Crippen molar-refractivity contribution in [3.05, 3.63) is 35.9 Å². The summed E-state index contributed by atoms with van der Waals surface area (Å²) in [6.45, 7) is 0. The highest BCUT2D eigenvalue weighted by Crippen LogP contribution is 2.32. The van der Waals surface area contributed by atoms with Crippen molar-refractivity contribution in [1.29, 1.82) is 0 Å². The van der Waals surface area contributed by atoms with E-state index in [1.165, 1.54) is 15.8 Å². The fourth-order valence-electron chi connectivity index (χ4n) is 1.57. The lowest BCUT2D eigenvalue weighted by Gasteiger charge is -2.07. The van der Waals surface area contributed by atoms with Crippen LogP contribution in [-0.4, -0.2) is 4.57 Å². The summed E-state index contributed by atoms with van der Waals surface area (Å²) in [7, 11) is 0. The van der Waals surface area contributed by atoms with Gasteiger partial charge in [0, 0.05) is 22.7 Å². The number of aromatic nitrogens is 1. The van der Waals surface area contributed by atoms with Crippen molar-refractivity contribution in [2.75, 3.05) is 0 Å². The molecule has 0 fully saturated rings. The van der Waals surface area contributed by atoms with Gasteiger partial charge < -0.3 is 4.57 Å². The number of rotatable bonds is 0. The van der Waals surface area contributed by atoms with Crippen molar-refractivity contribution in [3.63, 3.8) is 0 Å². The predicted molar refractivity (Wildman–Crippen MR) is 53.1 cm³/mol. The van der Waals surface area contributed by atoms with Crippen LogP contribution in [-0.2, 0) is 0 Å². The van der Waals surface area contributed by atoms with E-state index in [2.05, 4.69) is 46.6 Å². The Morgan fingerprint density at radius 1 is 1.17 bits per heavy atom. The van der Waals surface area contributed by atoms with Crippen LogP contribution in [0.4, 0.5) is 0 Å². The van der Waals surface area contributed by atoms with Gasteiger partial charge in [0.1, 0.15) is 0 Å². The minimum absolute atomic E-state index is 1.32. The average Bonchev–Trinajstić information content (AvgIpc) is 2.52. The summed E-state index contributed by atoms with van der Waals surface area (Å²) in [6, 6.07) is 8.56. The molecule has 2 heterocycles. The SMILES string of the molecule is C1=Cn2ccc3cccc(c32)S1. The van der Waals surface area contributed by atoms with Gasteiger partial charge in [0.25, 0.3) is 0 Å². The van der Waals surface area contributed by atoms with Crippen molar-refractivity contribution in [3.8, 4) is 0 Å². The van der Waals surface area contributed by atoms with E-state index < -0.39 is 0 Å². The zero-order valence-electron chi connectivity index (χ0n) is 6.40. The minimum atomic E-state index is 1.32. The molecule has 12 heavy (non-hydrogen) atoms. The molecule has 1 aliphatic rings. The summed E-state index contributed by atoms with van der Waals surface area (Å²) in [5.74, 6) is 0. The van der Waals surface area contributed by atoms with Gasteiger partial charge >= 0.3 is 0 Å². The van der Waals surface area contributed by atoms with Crippen molar-refractivity contribution >= 4 is 28.9 Å². The van der Waals surface area contributed by atoms with E-state index in [4.69, 9.17) is 0 Å². The molecule has 3 rings (SSSR count). The molecule has 0 N–H and O–H groups in total. The Bertz CT molecular complexity index is 468. The van der Waals surface area contributed by atoms with Gasteiger partial charge in [-0.05, 0) is 17.5 Å². The maximum Gasteiger partial charge on any atom is 0.0662 e. The molecule has 0 saturated heterocycles. The molecule has 0 bridgehead atoms. The molecule has 0 aliphatic carbocycles. The van der Waals surface area contributed by atoms with Crippen molar-refractivity contribution in [1.82, 2.24) is 4.57 Å². The quantitative estimate of drug-likeness (QED) is 0.592. The molecular formula is C10H7NS. The van der Waals surface area contributed by atoms with Gasteiger partial charge in [-0.1, -0.05) is 23.9 Å². The minimum Gasteiger partial charge on any atom is -0.322 e. The van der Waals surface area contributed by atoms with Crippen LogP contribution in [0.25, 0.3) is 17.1 Å². The van der Waals surface area contributed by atoms with Crippen LogP contribution in [0.15, 0.2) is 40.8 Å². The van der Waals surface area contributed by atoms with E-state index in [0.717, 1.165) is 0 Å². The lowest BCUT2D eigenvalue weighted by Crippen LogP contribution is -1.88. The lowest BCUT2D eigenvalue weighted by molar-refractivity contribution is 1.20. The zero-order valence-corrected chi connectivity index (χ0v) is 7.21. The van der Waals surface area contributed by atoms with Gasteiger partial charge in [-0.25, -0.2) is 0 Å². The Morgan fingerprint density at radius 2 is 2.17 bits per heavy atom. The summed E-state index contributed by atoms with van der Waals surface area (Å²) >= 11 is 1.78. The highest BCUT2D eigenvalue weighted by atomic mass is 32.2. The van der Waals surface area contributed by atoms with Crippen molar-refractivity contribution in [2.45, 2.75) is 4.90 Å². The van der Waals surface area contributed by atoms with E-state index in [1.807, 2.05) is 0 Å². The molecular weight excluding hydrogens is 166 g/mol. The molecule has 2 aromatic rings. The summed E-state index contributed by atoms with van der Waals surface area (Å²) in [5, 5.41) is 3.44. The molecule has 0 radical (unpaired) electrons. The maximum absolute atomic E-state index is 2.17. The predicted octanol–water partition coefficient (Wildman–Crippen LogP) is 3.18. The highest BCUT2D eigenvalue weighted by molar-refractivity contribution is 8.02. The van der Waals surface area contributed by atoms with E-state index in [0.29, 0.717) is 0 Å². The second kappa shape index (κ2) is 2.17. The smallest absolute Gasteiger partial charge is 0.0662 e. The van der Waals surface area contributed by atoms with Gasteiger partial charge in [-0.2, -0.15) is 0 Å². The number of benzene rings is 1. The third-order valence-electron chi connectivity index (χ3n) is 2.12. The topological polar surface area (TPSA) is 4.93 Å². The van der Waals surface area contributed by atoms with Gasteiger partial charge in [0.2, 0.25) is 0 Å². The van der Waals surface area contributed by atoms with Crippen LogP contribution >= 0.6 is 11.8 Å². The summed E-state index contributed by atoms with van der Waals surface area (Å²) in [6.07, 6.45) is 4.20. The molecule has 2 heteroatoms. The number of thioether (sulfide) groups is 1. The second-order valence-corrected chi connectivity index (χ2v) is 3.77. The maximum atomic E-state index is 2.17. The zero-order chi connectivity index (χ0) is 7.97. The first-order chi connectivity index (χ1) is 5.95. The van der Waals surface area contributed by atoms with E-state index >= 15 is 0 Å². The summed E-state index contributed by atoms with van der Waals surface area (Å²) in [5.41, 5.74) is 1.34. The van der Waals surface area contributed by atoms with E-state index in [-0.39, 0.29) is 0 Å². The van der Waals surface area contributed by atoms with Crippen LogP contribution in [0.5, 0.6) is 0 Å². The third kappa shape index (κ3) is 0.703. The van der Waals surface area contributed by atoms with Crippen LogP contribution in [0.3, 0.4) is 0 Å². The molecule has 0 atom stereocenters. The molecule has 58 valence electrons. The van der Waals surface area contributed by atoms with Crippen LogP contribution in [0.2, 0.25) is 0 Å². The Hall–Kier alpha value is -1.15. The highest BCUT2D eigenvalue weighted by Gasteiger charge is 2.07. The molecule has 1 nitrogen and oxygen atoms in total. The Kier molecular flexibility index (Phi) is 1.15. The normalized spacial score (nSPS) is 14.0. The average molecular weight is 173 g/mol. The largest absolute Gasteiger partial charge is 0.322 e. The Morgan fingerprint density at radius 3 is 3.17 bits per heavy atom. The molecule has 0 amide bonds. The summed E-state index contributed by atoms with van der Waals surface area (Å²) < 4.78 is 2.17. The molecule has 0 spiro atoms. The van der Waals surface area contributed by atoms with Crippen LogP contribution in [0, 0.1) is 0 Å². The van der Waals surface area contributed by atoms with E-state index in [1.54, 1.807) is 11.8 Å². The van der Waals surface area contributed by atoms with Gasteiger partial charge in [-0.15, -0.1) is 0 Å². The molecule has 1 aromatic heterocycles. The first kappa shape index (κ1) is 6.38. The fraction of sp³-hybridized carbons (Fsp3) is 0. The Labute approximate surface area is 74.7 Å². The Balaban J connectivity index is 2.57. The third-order valence-corrected chi connectivity index (χ3v) is 2.96. The molecule has 1 aromatic carbocycles. The number of para-hydroxylation sites is 1. The summed E-state index contributed by atoms with van der Waals surface area (Å²) in [4.78, 5) is 1.35. The standard InChI is InChI=1S/C10H7NS/c1-2-8-4-5-11-6-7-12-9(3-1)10(8)11/h1-7H. The van der Waals surface area contributed by atoms with Gasteiger partial charge in [0.05, 0.1) is 5.52 Å². The van der Waals surface area contributed by atoms with Gasteiger partial charge in [0.15, 0.2) is 0 Å². The molecule has 0 saturated carbocycles. The number of nitrogens with zero attached hydrogens (tertiary/aromatic N) is 1.